The Hall–Kier alpha value is -0.610. The van der Waals surface area contributed by atoms with Crippen LogP contribution in [-0.4, -0.2) is 46.7 Å². The van der Waals surface area contributed by atoms with E-state index in [1.54, 1.807) is 0 Å². The van der Waals surface area contributed by atoms with Gasteiger partial charge < -0.3 is 10.4 Å². The van der Waals surface area contributed by atoms with Crippen molar-refractivity contribution in [1.29, 1.82) is 0 Å². The van der Waals surface area contributed by atoms with E-state index in [4.69, 9.17) is 0 Å². The first kappa shape index (κ1) is 16.4. The minimum absolute atomic E-state index is 0.0955. The van der Waals surface area contributed by atoms with Gasteiger partial charge in [-0.2, -0.15) is 0 Å². The largest absolute Gasteiger partial charge is 0.393 e. The lowest BCUT2D eigenvalue weighted by atomic mass is 9.91. The van der Waals surface area contributed by atoms with Gasteiger partial charge >= 0.3 is 0 Å². The summed E-state index contributed by atoms with van der Waals surface area (Å²) >= 11 is 0. The summed E-state index contributed by atoms with van der Waals surface area (Å²) in [5.41, 5.74) is -0.148. The van der Waals surface area contributed by atoms with Crippen LogP contribution in [0.5, 0.6) is 0 Å². The monoisotopic (exact) mass is 270 g/mol. The second kappa shape index (κ2) is 6.71. The maximum absolute atomic E-state index is 12.3. The van der Waals surface area contributed by atoms with Gasteiger partial charge in [-0.15, -0.1) is 0 Å². The van der Waals surface area contributed by atoms with Gasteiger partial charge in [0.15, 0.2) is 0 Å². The maximum Gasteiger partial charge on any atom is 0.237 e. The van der Waals surface area contributed by atoms with E-state index in [1.165, 1.54) is 0 Å². The third-order valence-corrected chi connectivity index (χ3v) is 4.52. The molecule has 0 bridgehead atoms. The summed E-state index contributed by atoms with van der Waals surface area (Å²) in [5, 5.41) is 13.0. The number of hydrogen-bond donors (Lipinski definition) is 2. The predicted molar refractivity (Wildman–Crippen MR) is 78.0 cm³/mol. The Bertz CT molecular complexity index is 305. The molecule has 19 heavy (non-hydrogen) atoms. The van der Waals surface area contributed by atoms with Crippen molar-refractivity contribution < 1.29 is 9.90 Å². The highest BCUT2D eigenvalue weighted by atomic mass is 16.3. The van der Waals surface area contributed by atoms with Crippen molar-refractivity contribution >= 4 is 5.91 Å². The van der Waals surface area contributed by atoms with E-state index in [1.807, 2.05) is 20.8 Å². The number of hydrogen-bond acceptors (Lipinski definition) is 3. The van der Waals surface area contributed by atoms with E-state index in [0.717, 1.165) is 32.4 Å². The van der Waals surface area contributed by atoms with Crippen LogP contribution in [0.25, 0.3) is 0 Å². The highest BCUT2D eigenvalue weighted by Crippen LogP contribution is 2.22. The number of nitrogens with one attached hydrogen (secondary N) is 1. The summed E-state index contributed by atoms with van der Waals surface area (Å²) in [6, 6.07) is -0.118. The Morgan fingerprint density at radius 1 is 1.47 bits per heavy atom. The first-order valence-electron chi connectivity index (χ1n) is 7.54. The van der Waals surface area contributed by atoms with Crippen molar-refractivity contribution in [3.63, 3.8) is 0 Å². The van der Waals surface area contributed by atoms with E-state index in [0.29, 0.717) is 5.92 Å². The molecule has 0 aromatic carbocycles. The fourth-order valence-electron chi connectivity index (χ4n) is 2.49. The van der Waals surface area contributed by atoms with Crippen molar-refractivity contribution in [2.45, 2.75) is 71.6 Å². The van der Waals surface area contributed by atoms with Gasteiger partial charge in [0.25, 0.3) is 0 Å². The molecule has 1 aliphatic rings. The number of piperidine rings is 1. The number of aliphatic hydroxyl groups is 1. The van der Waals surface area contributed by atoms with Crippen molar-refractivity contribution in [2.75, 3.05) is 13.1 Å². The number of amides is 1. The molecular formula is C15H30N2O2. The molecule has 4 heteroatoms. The Balaban J connectivity index is 2.57. The zero-order valence-electron chi connectivity index (χ0n) is 13.1. The standard InChI is InChI=1S/C15H30N2O2/c1-6-12-10-17(9-8-13(12)18)11(3)14(19)16-15(4,5)7-2/h11-13,18H,6-10H2,1-5H3,(H,16,19). The number of carbonyl (C=O) groups excluding carboxylic acids is 1. The summed E-state index contributed by atoms with van der Waals surface area (Å²) in [4.78, 5) is 14.5. The van der Waals surface area contributed by atoms with Crippen LogP contribution in [0.2, 0.25) is 0 Å². The Morgan fingerprint density at radius 2 is 2.11 bits per heavy atom. The first-order chi connectivity index (χ1) is 8.80. The smallest absolute Gasteiger partial charge is 0.237 e. The molecule has 1 amide bonds. The molecule has 2 N–H and O–H groups in total. The molecule has 3 atom stereocenters. The van der Waals surface area contributed by atoms with Crippen LogP contribution < -0.4 is 5.32 Å². The van der Waals surface area contributed by atoms with Gasteiger partial charge in [0.2, 0.25) is 5.91 Å². The molecule has 1 rings (SSSR count). The van der Waals surface area contributed by atoms with E-state index < -0.39 is 0 Å². The third kappa shape index (κ3) is 4.46. The molecule has 0 aromatic heterocycles. The summed E-state index contributed by atoms with van der Waals surface area (Å²) in [6.07, 6.45) is 2.45. The SMILES string of the molecule is CCC1CN(C(C)C(=O)NC(C)(C)CC)CCC1O. The predicted octanol–water partition coefficient (Wildman–Crippen LogP) is 1.77. The minimum Gasteiger partial charge on any atom is -0.393 e. The Kier molecular flexibility index (Phi) is 5.81. The van der Waals surface area contributed by atoms with Crippen LogP contribution in [0.1, 0.15) is 53.9 Å². The molecule has 0 aliphatic carbocycles. The van der Waals surface area contributed by atoms with Crippen molar-refractivity contribution in [3.8, 4) is 0 Å². The van der Waals surface area contributed by atoms with E-state index in [9.17, 15) is 9.90 Å². The lowest BCUT2D eigenvalue weighted by Gasteiger charge is -2.39. The minimum atomic E-state index is -0.205. The normalized spacial score (nSPS) is 27.1. The first-order valence-corrected chi connectivity index (χ1v) is 7.54. The highest BCUT2D eigenvalue weighted by Gasteiger charge is 2.32. The van der Waals surface area contributed by atoms with Gasteiger partial charge in [0, 0.05) is 18.6 Å². The number of likely N-dealkylation sites (tertiary alicyclic amines) is 1. The van der Waals surface area contributed by atoms with Crippen LogP contribution in [-0.2, 0) is 4.79 Å². The van der Waals surface area contributed by atoms with Gasteiger partial charge in [-0.25, -0.2) is 0 Å². The summed E-state index contributed by atoms with van der Waals surface area (Å²) < 4.78 is 0. The Labute approximate surface area is 117 Å². The van der Waals surface area contributed by atoms with Gasteiger partial charge in [-0.3, -0.25) is 9.69 Å². The average molecular weight is 270 g/mol. The second-order valence-electron chi connectivity index (χ2n) is 6.42. The van der Waals surface area contributed by atoms with Crippen LogP contribution >= 0.6 is 0 Å². The van der Waals surface area contributed by atoms with Gasteiger partial charge in [-0.1, -0.05) is 13.8 Å². The summed E-state index contributed by atoms with van der Waals surface area (Å²) in [7, 11) is 0. The second-order valence-corrected chi connectivity index (χ2v) is 6.42. The molecule has 1 aliphatic heterocycles. The van der Waals surface area contributed by atoms with Crippen molar-refractivity contribution in [2.24, 2.45) is 5.92 Å². The quantitative estimate of drug-likeness (QED) is 0.800. The molecule has 1 fully saturated rings. The van der Waals surface area contributed by atoms with E-state index in [-0.39, 0.29) is 23.6 Å². The Morgan fingerprint density at radius 3 is 2.63 bits per heavy atom. The van der Waals surface area contributed by atoms with Crippen LogP contribution in [0.15, 0.2) is 0 Å². The zero-order valence-corrected chi connectivity index (χ0v) is 13.1. The van der Waals surface area contributed by atoms with Gasteiger partial charge in [0.05, 0.1) is 12.1 Å². The number of carbonyl (C=O) groups is 1. The lowest BCUT2D eigenvalue weighted by Crippen LogP contribution is -2.55. The molecule has 112 valence electrons. The fourth-order valence-corrected chi connectivity index (χ4v) is 2.49. The van der Waals surface area contributed by atoms with E-state index >= 15 is 0 Å². The molecule has 1 saturated heterocycles. The van der Waals surface area contributed by atoms with Crippen molar-refractivity contribution in [1.82, 2.24) is 10.2 Å². The molecule has 0 radical (unpaired) electrons. The van der Waals surface area contributed by atoms with Gasteiger partial charge in [0.1, 0.15) is 0 Å². The number of rotatable bonds is 5. The van der Waals surface area contributed by atoms with Crippen LogP contribution in [0.4, 0.5) is 0 Å². The number of nitrogens with zero attached hydrogens (tertiary/aromatic N) is 1. The molecule has 4 nitrogen and oxygen atoms in total. The fraction of sp³-hybridized carbons (Fsp3) is 0.933. The molecular weight excluding hydrogens is 240 g/mol. The molecule has 0 spiro atoms. The van der Waals surface area contributed by atoms with E-state index in [2.05, 4.69) is 24.1 Å². The highest BCUT2D eigenvalue weighted by molar-refractivity contribution is 5.82. The molecule has 0 aromatic rings. The zero-order chi connectivity index (χ0) is 14.6. The lowest BCUT2D eigenvalue weighted by molar-refractivity contribution is -0.129. The van der Waals surface area contributed by atoms with Crippen LogP contribution in [0.3, 0.4) is 0 Å². The topological polar surface area (TPSA) is 52.6 Å². The third-order valence-electron chi connectivity index (χ3n) is 4.52. The molecule has 0 saturated carbocycles. The van der Waals surface area contributed by atoms with Crippen molar-refractivity contribution in [3.05, 3.63) is 0 Å². The maximum atomic E-state index is 12.3. The summed E-state index contributed by atoms with van der Waals surface area (Å²) in [5.74, 6) is 0.390. The van der Waals surface area contributed by atoms with Gasteiger partial charge in [-0.05, 0) is 46.0 Å². The number of aliphatic hydroxyl groups excluding tert-OH is 1. The van der Waals surface area contributed by atoms with Crippen LogP contribution in [0, 0.1) is 5.92 Å². The average Bonchev–Trinajstić information content (AvgIpc) is 2.38. The summed E-state index contributed by atoms with van der Waals surface area (Å²) in [6.45, 7) is 11.9. The molecule has 3 unspecified atom stereocenters. The molecule has 1 heterocycles.